The van der Waals surface area contributed by atoms with E-state index in [0.29, 0.717) is 11.1 Å². The monoisotopic (exact) mass is 284 g/mol. The fourth-order valence-electron chi connectivity index (χ4n) is 2.98. The first-order valence-corrected chi connectivity index (χ1v) is 7.42. The van der Waals surface area contributed by atoms with Crippen molar-refractivity contribution in [3.63, 3.8) is 0 Å². The zero-order valence-corrected chi connectivity index (χ0v) is 12.4. The fourth-order valence-corrected chi connectivity index (χ4v) is 3.31. The van der Waals surface area contributed by atoms with Gasteiger partial charge in [-0.25, -0.2) is 4.39 Å². The molecule has 19 heavy (non-hydrogen) atoms. The lowest BCUT2D eigenvalue weighted by Gasteiger charge is -2.38. The maximum Gasteiger partial charge on any atom is 0.124 e. The minimum Gasteiger partial charge on any atom is -0.315 e. The lowest BCUT2D eigenvalue weighted by atomic mass is 10.00. The number of benzene rings is 1. The number of rotatable bonds is 4. The maximum atomic E-state index is 13.1. The van der Waals surface area contributed by atoms with Gasteiger partial charge < -0.3 is 5.32 Å². The number of hydrogen-bond donors (Lipinski definition) is 1. The van der Waals surface area contributed by atoms with Crippen molar-refractivity contribution in [2.24, 2.45) is 0 Å². The van der Waals surface area contributed by atoms with Gasteiger partial charge in [0.25, 0.3) is 0 Å². The summed E-state index contributed by atoms with van der Waals surface area (Å²) in [4.78, 5) is 2.45. The van der Waals surface area contributed by atoms with E-state index >= 15 is 0 Å². The molecule has 106 valence electrons. The van der Waals surface area contributed by atoms with Crippen LogP contribution in [0.1, 0.15) is 38.3 Å². The average molecular weight is 285 g/mol. The second-order valence-electron chi connectivity index (χ2n) is 5.17. The molecular weight excluding hydrogens is 263 g/mol. The number of piperidine rings is 1. The number of hydrogen-bond acceptors (Lipinski definition) is 2. The van der Waals surface area contributed by atoms with Crippen LogP contribution in [-0.4, -0.2) is 30.6 Å². The zero-order valence-electron chi connectivity index (χ0n) is 11.6. The summed E-state index contributed by atoms with van der Waals surface area (Å²) >= 11 is 6.18. The quantitative estimate of drug-likeness (QED) is 0.908. The summed E-state index contributed by atoms with van der Waals surface area (Å²) in [6.07, 6.45) is 2.43. The van der Waals surface area contributed by atoms with E-state index < -0.39 is 0 Å². The van der Waals surface area contributed by atoms with Crippen molar-refractivity contribution in [1.29, 1.82) is 0 Å². The van der Waals surface area contributed by atoms with Crippen LogP contribution in [-0.2, 0) is 0 Å². The molecule has 1 aromatic carbocycles. The van der Waals surface area contributed by atoms with Crippen LogP contribution in [0.25, 0.3) is 0 Å². The summed E-state index contributed by atoms with van der Waals surface area (Å²) in [7, 11) is 0. The highest BCUT2D eigenvalue weighted by molar-refractivity contribution is 6.31. The van der Waals surface area contributed by atoms with Crippen LogP contribution in [0.4, 0.5) is 4.39 Å². The molecule has 1 aliphatic rings. The van der Waals surface area contributed by atoms with Gasteiger partial charge in [0.05, 0.1) is 0 Å². The zero-order chi connectivity index (χ0) is 13.8. The molecule has 1 saturated heterocycles. The molecule has 2 atom stereocenters. The molecule has 1 aliphatic heterocycles. The lowest BCUT2D eigenvalue weighted by Crippen LogP contribution is -2.46. The summed E-state index contributed by atoms with van der Waals surface area (Å²) in [5, 5.41) is 3.97. The third-order valence-electron chi connectivity index (χ3n) is 4.02. The van der Waals surface area contributed by atoms with Gasteiger partial charge in [-0.05, 0) is 50.6 Å². The summed E-state index contributed by atoms with van der Waals surface area (Å²) < 4.78 is 13.1. The Morgan fingerprint density at radius 1 is 1.53 bits per heavy atom. The molecule has 2 unspecified atom stereocenters. The van der Waals surface area contributed by atoms with Crippen LogP contribution < -0.4 is 5.32 Å². The smallest absolute Gasteiger partial charge is 0.124 e. The lowest BCUT2D eigenvalue weighted by molar-refractivity contribution is 0.128. The highest BCUT2D eigenvalue weighted by Gasteiger charge is 2.25. The molecular formula is C15H22ClFN2. The molecule has 2 rings (SSSR count). The third-order valence-corrected chi connectivity index (χ3v) is 4.34. The second-order valence-corrected chi connectivity index (χ2v) is 5.58. The number of nitrogens with one attached hydrogen (secondary N) is 1. The van der Waals surface area contributed by atoms with Crippen molar-refractivity contribution in [3.8, 4) is 0 Å². The standard InChI is InChI=1S/C15H22ClFN2/c1-3-19(13-5-4-8-18-10-13)11(2)14-7-6-12(17)9-15(14)16/h6-7,9,11,13,18H,3-5,8,10H2,1-2H3. The molecule has 0 spiro atoms. The van der Waals surface area contributed by atoms with E-state index in [1.807, 2.05) is 0 Å². The molecule has 1 fully saturated rings. The molecule has 1 heterocycles. The van der Waals surface area contributed by atoms with Crippen molar-refractivity contribution < 1.29 is 4.39 Å². The average Bonchev–Trinajstić information content (AvgIpc) is 2.40. The first-order valence-electron chi connectivity index (χ1n) is 7.05. The van der Waals surface area contributed by atoms with Crippen molar-refractivity contribution in [1.82, 2.24) is 10.2 Å². The second kappa shape index (κ2) is 6.69. The minimum absolute atomic E-state index is 0.211. The van der Waals surface area contributed by atoms with E-state index in [9.17, 15) is 4.39 Å². The Morgan fingerprint density at radius 3 is 2.89 bits per heavy atom. The van der Waals surface area contributed by atoms with Crippen molar-refractivity contribution >= 4 is 11.6 Å². The van der Waals surface area contributed by atoms with Gasteiger partial charge in [0, 0.05) is 23.7 Å². The maximum absolute atomic E-state index is 13.1. The molecule has 2 nitrogen and oxygen atoms in total. The van der Waals surface area contributed by atoms with Crippen LogP contribution in [0.15, 0.2) is 18.2 Å². The SMILES string of the molecule is CCN(C1CCCNC1)C(C)c1ccc(F)cc1Cl. The first-order chi connectivity index (χ1) is 9.13. The van der Waals surface area contributed by atoms with Gasteiger partial charge in [-0.3, -0.25) is 4.90 Å². The molecule has 4 heteroatoms. The van der Waals surface area contributed by atoms with Gasteiger partial charge >= 0.3 is 0 Å². The normalized spacial score (nSPS) is 21.6. The van der Waals surface area contributed by atoms with E-state index in [1.165, 1.54) is 25.0 Å². The Bertz CT molecular complexity index is 419. The molecule has 0 aromatic heterocycles. The molecule has 0 aliphatic carbocycles. The van der Waals surface area contributed by atoms with Gasteiger partial charge in [-0.1, -0.05) is 24.6 Å². The number of nitrogens with zero attached hydrogens (tertiary/aromatic N) is 1. The highest BCUT2D eigenvalue weighted by Crippen LogP contribution is 2.30. The minimum atomic E-state index is -0.275. The van der Waals surface area contributed by atoms with Crippen molar-refractivity contribution in [2.45, 2.75) is 38.8 Å². The van der Waals surface area contributed by atoms with Gasteiger partial charge in [-0.2, -0.15) is 0 Å². The Labute approximate surface area is 119 Å². The first kappa shape index (κ1) is 14.8. The summed E-state index contributed by atoms with van der Waals surface area (Å²) in [6.45, 7) is 7.43. The van der Waals surface area contributed by atoms with Crippen LogP contribution in [0.2, 0.25) is 5.02 Å². The van der Waals surface area contributed by atoms with Crippen LogP contribution in [0.5, 0.6) is 0 Å². The predicted molar refractivity (Wildman–Crippen MR) is 78.1 cm³/mol. The van der Waals surface area contributed by atoms with Gasteiger partial charge in [0.1, 0.15) is 5.82 Å². The largest absolute Gasteiger partial charge is 0.315 e. The van der Waals surface area contributed by atoms with E-state index in [0.717, 1.165) is 25.2 Å². The molecule has 0 bridgehead atoms. The molecule has 0 radical (unpaired) electrons. The van der Waals surface area contributed by atoms with Crippen LogP contribution in [0, 0.1) is 5.82 Å². The molecule has 0 saturated carbocycles. The molecule has 1 aromatic rings. The van der Waals surface area contributed by atoms with Gasteiger partial charge in [-0.15, -0.1) is 0 Å². The Morgan fingerprint density at radius 2 is 2.32 bits per heavy atom. The van der Waals surface area contributed by atoms with E-state index in [2.05, 4.69) is 24.1 Å². The number of halogens is 2. The van der Waals surface area contributed by atoms with E-state index in [4.69, 9.17) is 11.6 Å². The molecule has 0 amide bonds. The summed E-state index contributed by atoms with van der Waals surface area (Å²) in [5.74, 6) is -0.275. The van der Waals surface area contributed by atoms with Gasteiger partial charge in [0.15, 0.2) is 0 Å². The topological polar surface area (TPSA) is 15.3 Å². The summed E-state index contributed by atoms with van der Waals surface area (Å²) in [6, 6.07) is 5.45. The van der Waals surface area contributed by atoms with Gasteiger partial charge in [0.2, 0.25) is 0 Å². The van der Waals surface area contributed by atoms with Crippen molar-refractivity contribution in [2.75, 3.05) is 19.6 Å². The van der Waals surface area contributed by atoms with Crippen LogP contribution in [0.3, 0.4) is 0 Å². The predicted octanol–water partition coefficient (Wildman–Crippen LogP) is 3.61. The Hall–Kier alpha value is -0.640. The summed E-state index contributed by atoms with van der Waals surface area (Å²) in [5.41, 5.74) is 1.01. The fraction of sp³-hybridized carbons (Fsp3) is 0.600. The van der Waals surface area contributed by atoms with E-state index in [-0.39, 0.29) is 11.9 Å². The van der Waals surface area contributed by atoms with E-state index in [1.54, 1.807) is 6.07 Å². The molecule has 1 N–H and O–H groups in total. The highest BCUT2D eigenvalue weighted by atomic mass is 35.5. The van der Waals surface area contributed by atoms with Crippen LogP contribution >= 0.6 is 11.6 Å². The third kappa shape index (κ3) is 3.47. The number of likely N-dealkylation sites (N-methyl/N-ethyl adjacent to an activating group) is 1. The Kier molecular flexibility index (Phi) is 5.20. The van der Waals surface area contributed by atoms with Crippen molar-refractivity contribution in [3.05, 3.63) is 34.6 Å². The Balaban J connectivity index is 2.17.